The lowest BCUT2D eigenvalue weighted by Gasteiger charge is -2.26. The van der Waals surface area contributed by atoms with Gasteiger partial charge in [-0.05, 0) is 18.6 Å². The van der Waals surface area contributed by atoms with Gasteiger partial charge < -0.3 is 15.2 Å². The molecule has 1 fully saturated rings. The van der Waals surface area contributed by atoms with Gasteiger partial charge >= 0.3 is 0 Å². The molecule has 0 radical (unpaired) electrons. The molecule has 1 aromatic carbocycles. The second kappa shape index (κ2) is 5.67. The summed E-state index contributed by atoms with van der Waals surface area (Å²) >= 11 is 0. The van der Waals surface area contributed by atoms with E-state index in [1.54, 1.807) is 25.1 Å². The zero-order chi connectivity index (χ0) is 13.9. The van der Waals surface area contributed by atoms with E-state index in [9.17, 15) is 14.3 Å². The second-order valence-corrected chi connectivity index (χ2v) is 4.91. The smallest absolute Gasteiger partial charge is 0.224 e. The monoisotopic (exact) mass is 267 g/mol. The minimum absolute atomic E-state index is 0.0298. The Kier molecular flexibility index (Phi) is 4.17. The molecule has 1 amide bonds. The molecule has 2 unspecified atom stereocenters. The number of halogens is 1. The Morgan fingerprint density at radius 3 is 2.95 bits per heavy atom. The summed E-state index contributed by atoms with van der Waals surface area (Å²) in [6, 6.07) is 6.16. The molecule has 1 saturated heterocycles. The number of benzene rings is 1. The maximum atomic E-state index is 13.4. The van der Waals surface area contributed by atoms with Crippen molar-refractivity contribution < 1.29 is 19.0 Å². The van der Waals surface area contributed by atoms with Crippen LogP contribution in [0.5, 0.6) is 0 Å². The van der Waals surface area contributed by atoms with Crippen LogP contribution >= 0.6 is 0 Å². The van der Waals surface area contributed by atoms with Crippen molar-refractivity contribution in [3.05, 3.63) is 35.6 Å². The van der Waals surface area contributed by atoms with Gasteiger partial charge in [-0.15, -0.1) is 0 Å². The Hall–Kier alpha value is -1.46. The first kappa shape index (κ1) is 14.0. The fraction of sp³-hybridized carbons (Fsp3) is 0.500. The molecule has 1 aromatic rings. The molecule has 5 heteroatoms. The van der Waals surface area contributed by atoms with E-state index in [4.69, 9.17) is 4.74 Å². The third-order valence-corrected chi connectivity index (χ3v) is 3.56. The summed E-state index contributed by atoms with van der Waals surface area (Å²) in [5.41, 5.74) is -0.673. The lowest BCUT2D eigenvalue weighted by molar-refractivity contribution is -0.122. The van der Waals surface area contributed by atoms with E-state index in [1.807, 2.05) is 0 Å². The summed E-state index contributed by atoms with van der Waals surface area (Å²) in [6.07, 6.45) is 0.160. The second-order valence-electron chi connectivity index (χ2n) is 4.91. The zero-order valence-corrected chi connectivity index (χ0v) is 10.9. The highest BCUT2D eigenvalue weighted by Crippen LogP contribution is 2.24. The van der Waals surface area contributed by atoms with Gasteiger partial charge in [-0.1, -0.05) is 18.2 Å². The molecule has 1 aliphatic rings. The maximum Gasteiger partial charge on any atom is 0.224 e. The van der Waals surface area contributed by atoms with Crippen molar-refractivity contribution in [1.82, 2.24) is 5.32 Å². The predicted octanol–water partition coefficient (Wildman–Crippen LogP) is 1.02. The Morgan fingerprint density at radius 2 is 2.32 bits per heavy atom. The van der Waals surface area contributed by atoms with E-state index in [-0.39, 0.29) is 25.0 Å². The van der Waals surface area contributed by atoms with Crippen molar-refractivity contribution in [2.75, 3.05) is 13.2 Å². The normalized spacial score (nSPS) is 26.4. The molecule has 0 aromatic heterocycles. The first-order chi connectivity index (χ1) is 9.01. The van der Waals surface area contributed by atoms with Crippen molar-refractivity contribution in [2.24, 2.45) is 0 Å². The maximum absolute atomic E-state index is 13.4. The summed E-state index contributed by atoms with van der Waals surface area (Å²) in [5, 5.41) is 12.9. The number of amides is 1. The minimum Gasteiger partial charge on any atom is -0.385 e. The highest BCUT2D eigenvalue weighted by atomic mass is 19.1. The molecule has 0 saturated carbocycles. The molecule has 0 bridgehead atoms. The molecule has 2 rings (SSSR count). The summed E-state index contributed by atoms with van der Waals surface area (Å²) in [5.74, 6) is -0.702. The summed E-state index contributed by atoms with van der Waals surface area (Å²) in [6.45, 7) is 2.39. The van der Waals surface area contributed by atoms with E-state index < -0.39 is 11.4 Å². The van der Waals surface area contributed by atoms with Crippen molar-refractivity contribution in [1.29, 1.82) is 0 Å². The van der Waals surface area contributed by atoms with Crippen LogP contribution in [0.4, 0.5) is 4.39 Å². The Balaban J connectivity index is 1.87. The number of carbonyl (C=O) groups excluding carboxylic acids is 1. The number of aliphatic hydroxyl groups is 1. The van der Waals surface area contributed by atoms with Crippen molar-refractivity contribution in [3.63, 3.8) is 0 Å². The van der Waals surface area contributed by atoms with Gasteiger partial charge in [0.15, 0.2) is 0 Å². The molecule has 0 spiro atoms. The van der Waals surface area contributed by atoms with E-state index in [1.165, 1.54) is 6.07 Å². The Bertz CT molecular complexity index is 466. The average molecular weight is 267 g/mol. The third-order valence-electron chi connectivity index (χ3n) is 3.56. The summed E-state index contributed by atoms with van der Waals surface area (Å²) in [4.78, 5) is 11.7. The number of hydrogen-bond acceptors (Lipinski definition) is 3. The first-order valence-electron chi connectivity index (χ1n) is 6.35. The summed E-state index contributed by atoms with van der Waals surface area (Å²) in [7, 11) is 0. The standard InChI is InChI=1S/C14H18FNO3/c1-10-14(18,6-7-19-10)9-16-13(17)8-11-4-2-3-5-12(11)15/h2-5,10,18H,6-9H2,1H3,(H,16,17). The molecule has 0 aliphatic carbocycles. The van der Waals surface area contributed by atoms with Crippen LogP contribution < -0.4 is 5.32 Å². The number of rotatable bonds is 4. The highest BCUT2D eigenvalue weighted by Gasteiger charge is 2.39. The molecule has 19 heavy (non-hydrogen) atoms. The summed E-state index contributed by atoms with van der Waals surface area (Å²) < 4.78 is 18.7. The SMILES string of the molecule is CC1OCCC1(O)CNC(=O)Cc1ccccc1F. The van der Waals surface area contributed by atoms with E-state index in [0.29, 0.717) is 18.6 Å². The number of ether oxygens (including phenoxy) is 1. The first-order valence-corrected chi connectivity index (χ1v) is 6.35. The van der Waals surface area contributed by atoms with Crippen LogP contribution in [0, 0.1) is 5.82 Å². The van der Waals surface area contributed by atoms with Gasteiger partial charge in [-0.3, -0.25) is 4.79 Å². The topological polar surface area (TPSA) is 58.6 Å². The molecule has 4 nitrogen and oxygen atoms in total. The Labute approximate surface area is 111 Å². The van der Waals surface area contributed by atoms with Gasteiger partial charge in [0, 0.05) is 19.6 Å². The minimum atomic E-state index is -1.02. The zero-order valence-electron chi connectivity index (χ0n) is 10.9. The molecular weight excluding hydrogens is 249 g/mol. The number of hydrogen-bond donors (Lipinski definition) is 2. The molecule has 1 aliphatic heterocycles. The quantitative estimate of drug-likeness (QED) is 0.856. The van der Waals surface area contributed by atoms with Crippen LogP contribution in [0.15, 0.2) is 24.3 Å². The average Bonchev–Trinajstić information content (AvgIpc) is 2.71. The number of carbonyl (C=O) groups is 1. The van der Waals surface area contributed by atoms with Crippen molar-refractivity contribution >= 4 is 5.91 Å². The van der Waals surface area contributed by atoms with Crippen LogP contribution in [-0.2, 0) is 16.0 Å². The van der Waals surface area contributed by atoms with Crippen molar-refractivity contribution in [2.45, 2.75) is 31.5 Å². The lowest BCUT2D eigenvalue weighted by Crippen LogP contribution is -2.47. The largest absolute Gasteiger partial charge is 0.385 e. The van der Waals surface area contributed by atoms with Crippen molar-refractivity contribution in [3.8, 4) is 0 Å². The van der Waals surface area contributed by atoms with E-state index in [2.05, 4.69) is 5.32 Å². The molecule has 2 N–H and O–H groups in total. The van der Waals surface area contributed by atoms with Gasteiger partial charge in [0.2, 0.25) is 5.91 Å². The predicted molar refractivity (Wildman–Crippen MR) is 68.1 cm³/mol. The van der Waals surface area contributed by atoms with Crippen LogP contribution in [0.25, 0.3) is 0 Å². The molecular formula is C14H18FNO3. The van der Waals surface area contributed by atoms with Crippen LogP contribution in [0.2, 0.25) is 0 Å². The molecule has 2 atom stereocenters. The van der Waals surface area contributed by atoms with Gasteiger partial charge in [0.25, 0.3) is 0 Å². The highest BCUT2D eigenvalue weighted by molar-refractivity contribution is 5.78. The number of nitrogens with one attached hydrogen (secondary N) is 1. The van der Waals surface area contributed by atoms with Gasteiger partial charge in [-0.25, -0.2) is 4.39 Å². The van der Waals surface area contributed by atoms with E-state index >= 15 is 0 Å². The Morgan fingerprint density at radius 1 is 1.58 bits per heavy atom. The van der Waals surface area contributed by atoms with E-state index in [0.717, 1.165) is 0 Å². The van der Waals surface area contributed by atoms with Gasteiger partial charge in [0.1, 0.15) is 11.4 Å². The van der Waals surface area contributed by atoms with Crippen LogP contribution in [-0.4, -0.2) is 35.9 Å². The van der Waals surface area contributed by atoms with Crippen LogP contribution in [0.1, 0.15) is 18.9 Å². The van der Waals surface area contributed by atoms with Gasteiger partial charge in [-0.2, -0.15) is 0 Å². The molecule has 1 heterocycles. The lowest BCUT2D eigenvalue weighted by atomic mass is 9.96. The fourth-order valence-corrected chi connectivity index (χ4v) is 2.13. The third kappa shape index (κ3) is 3.30. The molecule has 104 valence electrons. The fourth-order valence-electron chi connectivity index (χ4n) is 2.13. The van der Waals surface area contributed by atoms with Gasteiger partial charge in [0.05, 0.1) is 12.5 Å². The van der Waals surface area contributed by atoms with Crippen LogP contribution in [0.3, 0.4) is 0 Å².